The smallest absolute Gasteiger partial charge is 0.254 e. The average molecular weight is 459 g/mol. The quantitative estimate of drug-likeness (QED) is 0.562. The van der Waals surface area contributed by atoms with Crippen molar-refractivity contribution in [3.8, 4) is 5.75 Å². The minimum atomic E-state index is -3.14. The van der Waals surface area contributed by atoms with Crippen molar-refractivity contribution in [2.75, 3.05) is 36.1 Å². The zero-order chi connectivity index (χ0) is 22.6. The Hall–Kier alpha value is -2.74. The van der Waals surface area contributed by atoms with E-state index >= 15 is 0 Å². The molecule has 3 heterocycles. The Morgan fingerprint density at radius 2 is 1.91 bits per heavy atom. The SMILES string of the molecule is C=CCOc1ccc(C(=O)N(Cc2ccc(N3CCCCC3)o2)C2CCS(=O)(=O)C2)cc1. The van der Waals surface area contributed by atoms with Gasteiger partial charge in [-0.15, -0.1) is 0 Å². The monoisotopic (exact) mass is 458 g/mol. The highest BCUT2D eigenvalue weighted by Crippen LogP contribution is 2.27. The Morgan fingerprint density at radius 1 is 1.16 bits per heavy atom. The van der Waals surface area contributed by atoms with Gasteiger partial charge < -0.3 is 19.0 Å². The summed E-state index contributed by atoms with van der Waals surface area (Å²) in [4.78, 5) is 17.3. The Kier molecular flexibility index (Phi) is 6.89. The summed E-state index contributed by atoms with van der Waals surface area (Å²) in [5, 5.41) is 0. The van der Waals surface area contributed by atoms with Crippen LogP contribution in [0.15, 0.2) is 53.5 Å². The number of rotatable bonds is 8. The predicted octanol–water partition coefficient (Wildman–Crippen LogP) is 3.66. The second kappa shape index (κ2) is 9.81. The third-order valence-electron chi connectivity index (χ3n) is 6.02. The van der Waals surface area contributed by atoms with Gasteiger partial charge in [0.15, 0.2) is 15.7 Å². The summed E-state index contributed by atoms with van der Waals surface area (Å²) in [7, 11) is -3.14. The van der Waals surface area contributed by atoms with E-state index in [0.717, 1.165) is 31.8 Å². The number of anilines is 1. The summed E-state index contributed by atoms with van der Waals surface area (Å²) >= 11 is 0. The van der Waals surface area contributed by atoms with E-state index in [-0.39, 0.29) is 30.0 Å². The maximum atomic E-state index is 13.4. The molecule has 0 radical (unpaired) electrons. The van der Waals surface area contributed by atoms with E-state index in [1.54, 1.807) is 35.2 Å². The highest BCUT2D eigenvalue weighted by Gasteiger charge is 2.35. The van der Waals surface area contributed by atoms with Crippen molar-refractivity contribution in [3.05, 3.63) is 60.4 Å². The van der Waals surface area contributed by atoms with E-state index in [0.29, 0.717) is 30.1 Å². The van der Waals surface area contributed by atoms with E-state index in [2.05, 4.69) is 11.5 Å². The van der Waals surface area contributed by atoms with Crippen LogP contribution in [0.25, 0.3) is 0 Å². The van der Waals surface area contributed by atoms with Gasteiger partial charge in [-0.2, -0.15) is 0 Å². The largest absolute Gasteiger partial charge is 0.490 e. The molecule has 2 fully saturated rings. The van der Waals surface area contributed by atoms with Crippen molar-refractivity contribution >= 4 is 21.6 Å². The van der Waals surface area contributed by atoms with E-state index in [1.807, 2.05) is 12.1 Å². The lowest BCUT2D eigenvalue weighted by atomic mass is 10.1. The summed E-state index contributed by atoms with van der Waals surface area (Å²) in [5.41, 5.74) is 0.489. The molecule has 1 aromatic heterocycles. The molecule has 4 rings (SSSR count). The van der Waals surface area contributed by atoms with Crippen molar-refractivity contribution in [1.29, 1.82) is 0 Å². The van der Waals surface area contributed by atoms with E-state index in [1.165, 1.54) is 6.42 Å². The van der Waals surface area contributed by atoms with Gasteiger partial charge in [0.05, 0.1) is 18.1 Å². The summed E-state index contributed by atoms with van der Waals surface area (Å²) in [6, 6.07) is 10.4. The topological polar surface area (TPSA) is 80.1 Å². The Bertz CT molecular complexity index is 1040. The number of sulfone groups is 1. The van der Waals surface area contributed by atoms with Gasteiger partial charge in [-0.1, -0.05) is 12.7 Å². The maximum absolute atomic E-state index is 13.4. The number of carbonyl (C=O) groups excluding carboxylic acids is 1. The average Bonchev–Trinajstić information content (AvgIpc) is 3.42. The molecule has 0 spiro atoms. The highest BCUT2D eigenvalue weighted by molar-refractivity contribution is 7.91. The van der Waals surface area contributed by atoms with Gasteiger partial charge in [-0.25, -0.2) is 8.42 Å². The van der Waals surface area contributed by atoms with Gasteiger partial charge in [-0.05, 0) is 56.0 Å². The third-order valence-corrected chi connectivity index (χ3v) is 7.77. The van der Waals surface area contributed by atoms with Crippen LogP contribution >= 0.6 is 0 Å². The summed E-state index contributed by atoms with van der Waals surface area (Å²) in [6.45, 7) is 6.19. The van der Waals surface area contributed by atoms with Crippen LogP contribution in [-0.2, 0) is 16.4 Å². The minimum Gasteiger partial charge on any atom is -0.490 e. The predicted molar refractivity (Wildman–Crippen MR) is 124 cm³/mol. The molecule has 2 saturated heterocycles. The first-order chi connectivity index (χ1) is 15.4. The van der Waals surface area contributed by atoms with E-state index in [4.69, 9.17) is 9.15 Å². The summed E-state index contributed by atoms with van der Waals surface area (Å²) < 4.78 is 35.8. The Labute approximate surface area is 189 Å². The van der Waals surface area contributed by atoms with Crippen LogP contribution < -0.4 is 9.64 Å². The van der Waals surface area contributed by atoms with Crippen LogP contribution in [0.3, 0.4) is 0 Å². The lowest BCUT2D eigenvalue weighted by Gasteiger charge is -2.28. The number of hydrogen-bond acceptors (Lipinski definition) is 6. The second-order valence-electron chi connectivity index (χ2n) is 8.40. The molecule has 2 aliphatic heterocycles. The summed E-state index contributed by atoms with van der Waals surface area (Å²) in [5.74, 6) is 2.00. The number of carbonyl (C=O) groups is 1. The molecule has 0 N–H and O–H groups in total. The van der Waals surface area contributed by atoms with Crippen LogP contribution in [0.1, 0.15) is 41.8 Å². The van der Waals surface area contributed by atoms with Crippen LogP contribution in [0.4, 0.5) is 5.88 Å². The summed E-state index contributed by atoms with van der Waals surface area (Å²) in [6.07, 6.45) is 5.62. The van der Waals surface area contributed by atoms with Crippen LogP contribution in [0.2, 0.25) is 0 Å². The number of nitrogens with zero attached hydrogens (tertiary/aromatic N) is 2. The molecule has 172 valence electrons. The first kappa shape index (κ1) is 22.5. The first-order valence-electron chi connectivity index (χ1n) is 11.1. The zero-order valence-electron chi connectivity index (χ0n) is 18.2. The number of benzene rings is 1. The fraction of sp³-hybridized carbons (Fsp3) is 0.458. The Morgan fingerprint density at radius 3 is 2.56 bits per heavy atom. The molecule has 0 aliphatic carbocycles. The number of ether oxygens (including phenoxy) is 1. The molecule has 1 unspecified atom stereocenters. The van der Waals surface area contributed by atoms with Crippen LogP contribution in [0, 0.1) is 0 Å². The molecule has 0 saturated carbocycles. The van der Waals surface area contributed by atoms with Gasteiger partial charge in [0.1, 0.15) is 18.1 Å². The molecule has 8 heteroatoms. The van der Waals surface area contributed by atoms with Crippen molar-refractivity contribution < 1.29 is 22.4 Å². The number of piperidine rings is 1. The molecule has 1 aromatic carbocycles. The first-order valence-corrected chi connectivity index (χ1v) is 13.0. The minimum absolute atomic E-state index is 0.0149. The lowest BCUT2D eigenvalue weighted by Crippen LogP contribution is -2.40. The van der Waals surface area contributed by atoms with E-state index < -0.39 is 9.84 Å². The highest BCUT2D eigenvalue weighted by atomic mass is 32.2. The lowest BCUT2D eigenvalue weighted by molar-refractivity contribution is 0.0666. The molecule has 32 heavy (non-hydrogen) atoms. The van der Waals surface area contributed by atoms with Gasteiger partial charge in [0.25, 0.3) is 5.91 Å². The maximum Gasteiger partial charge on any atom is 0.254 e. The number of furan rings is 1. The van der Waals surface area contributed by atoms with Crippen LogP contribution in [0.5, 0.6) is 5.75 Å². The van der Waals surface area contributed by atoms with Gasteiger partial charge >= 0.3 is 0 Å². The molecule has 7 nitrogen and oxygen atoms in total. The molecular weight excluding hydrogens is 428 g/mol. The fourth-order valence-corrected chi connectivity index (χ4v) is 6.04. The van der Waals surface area contributed by atoms with Gasteiger partial charge in [0, 0.05) is 30.8 Å². The van der Waals surface area contributed by atoms with Crippen molar-refractivity contribution in [3.63, 3.8) is 0 Å². The number of hydrogen-bond donors (Lipinski definition) is 0. The van der Waals surface area contributed by atoms with Gasteiger partial charge in [0.2, 0.25) is 0 Å². The molecule has 2 aliphatic rings. The third kappa shape index (κ3) is 5.35. The Balaban J connectivity index is 1.53. The van der Waals surface area contributed by atoms with E-state index in [9.17, 15) is 13.2 Å². The molecule has 0 bridgehead atoms. The fourth-order valence-electron chi connectivity index (χ4n) is 4.31. The van der Waals surface area contributed by atoms with Crippen molar-refractivity contribution in [2.45, 2.75) is 38.3 Å². The van der Waals surface area contributed by atoms with Crippen LogP contribution in [-0.4, -0.2) is 56.5 Å². The van der Waals surface area contributed by atoms with Crippen molar-refractivity contribution in [1.82, 2.24) is 4.90 Å². The molecule has 2 aromatic rings. The molecular formula is C24H30N2O5S. The van der Waals surface area contributed by atoms with Crippen molar-refractivity contribution in [2.24, 2.45) is 0 Å². The van der Waals surface area contributed by atoms with Gasteiger partial charge in [-0.3, -0.25) is 4.79 Å². The molecule has 1 amide bonds. The standard InChI is InChI=1S/C24H30N2O5S/c1-2-15-30-21-8-6-19(7-9-21)24(27)26(20-12-16-32(28,29)18-20)17-22-10-11-23(31-22)25-13-4-3-5-14-25/h2,6-11,20H,1,3-5,12-18H2. The normalized spacial score (nSPS) is 20.1. The molecule has 1 atom stereocenters. The number of amides is 1. The second-order valence-corrected chi connectivity index (χ2v) is 10.6. The zero-order valence-corrected chi connectivity index (χ0v) is 19.1.